The van der Waals surface area contributed by atoms with Gasteiger partial charge in [-0.3, -0.25) is 4.72 Å². The summed E-state index contributed by atoms with van der Waals surface area (Å²) in [7, 11) is -0.717. The number of anilines is 1. The Morgan fingerprint density at radius 3 is 2.75 bits per heavy atom. The third kappa shape index (κ3) is 2.73. The maximum atomic E-state index is 12.1. The monoisotopic (exact) mass is 292 g/mol. The lowest BCUT2D eigenvalue weighted by Crippen LogP contribution is -2.14. The highest BCUT2D eigenvalue weighted by Gasteiger charge is 2.19. The standard InChI is InChI=1S/C12H12N4O3S/c1-16-7-12(14-8-16)20(17,18)15-10-4-3-9(6-13)5-11(10)19-2/h3-5,7-8,15H,1-2H3. The molecule has 0 fully saturated rings. The minimum atomic E-state index is -3.79. The minimum absolute atomic E-state index is 0.0913. The molecule has 0 aliphatic carbocycles. The van der Waals surface area contributed by atoms with Crippen molar-refractivity contribution in [2.24, 2.45) is 7.05 Å². The van der Waals surface area contributed by atoms with Crippen molar-refractivity contribution >= 4 is 15.7 Å². The Kier molecular flexibility index (Phi) is 3.63. The maximum Gasteiger partial charge on any atom is 0.281 e. The van der Waals surface area contributed by atoms with Crippen LogP contribution in [0.1, 0.15) is 5.56 Å². The van der Waals surface area contributed by atoms with Gasteiger partial charge >= 0.3 is 0 Å². The first kappa shape index (κ1) is 13.9. The van der Waals surface area contributed by atoms with Crippen molar-refractivity contribution in [2.75, 3.05) is 11.8 Å². The Labute approximate surface area is 116 Å². The van der Waals surface area contributed by atoms with E-state index in [1.165, 1.54) is 42.4 Å². The molecule has 8 heteroatoms. The normalized spacial score (nSPS) is 10.8. The van der Waals surface area contributed by atoms with Crippen LogP contribution in [0.2, 0.25) is 0 Å². The molecule has 7 nitrogen and oxygen atoms in total. The number of aryl methyl sites for hydroxylation is 1. The van der Waals surface area contributed by atoms with Crippen LogP contribution in [0.5, 0.6) is 5.75 Å². The second-order valence-electron chi connectivity index (χ2n) is 4.01. The highest BCUT2D eigenvalue weighted by Crippen LogP contribution is 2.27. The van der Waals surface area contributed by atoms with Crippen LogP contribution in [0.4, 0.5) is 5.69 Å². The van der Waals surface area contributed by atoms with Crippen molar-refractivity contribution in [1.29, 1.82) is 5.26 Å². The molecule has 0 atom stereocenters. The summed E-state index contributed by atoms with van der Waals surface area (Å²) in [5.41, 5.74) is 0.625. The number of hydrogen-bond acceptors (Lipinski definition) is 5. The first-order valence-electron chi connectivity index (χ1n) is 5.55. The van der Waals surface area contributed by atoms with Gasteiger partial charge in [-0.05, 0) is 12.1 Å². The largest absolute Gasteiger partial charge is 0.495 e. The van der Waals surface area contributed by atoms with Gasteiger partial charge in [0.05, 0.1) is 30.8 Å². The molecule has 2 aromatic rings. The van der Waals surface area contributed by atoms with Gasteiger partial charge in [-0.15, -0.1) is 0 Å². The van der Waals surface area contributed by atoms with Crippen LogP contribution in [0.25, 0.3) is 0 Å². The zero-order valence-corrected chi connectivity index (χ0v) is 11.7. The average molecular weight is 292 g/mol. The number of sulfonamides is 1. The predicted molar refractivity (Wildman–Crippen MR) is 71.7 cm³/mol. The number of nitriles is 1. The molecule has 104 valence electrons. The summed E-state index contributed by atoms with van der Waals surface area (Å²) >= 11 is 0. The average Bonchev–Trinajstić information content (AvgIpc) is 2.86. The van der Waals surface area contributed by atoms with Crippen molar-refractivity contribution in [1.82, 2.24) is 9.55 Å². The molecule has 0 unspecified atom stereocenters. The van der Waals surface area contributed by atoms with Gasteiger partial charge in [-0.1, -0.05) is 0 Å². The minimum Gasteiger partial charge on any atom is -0.495 e. The number of aromatic nitrogens is 2. The van der Waals surface area contributed by atoms with Gasteiger partial charge < -0.3 is 9.30 Å². The summed E-state index contributed by atoms with van der Waals surface area (Å²) in [4.78, 5) is 3.79. The van der Waals surface area contributed by atoms with Crippen LogP contribution < -0.4 is 9.46 Å². The van der Waals surface area contributed by atoms with Crippen LogP contribution in [-0.2, 0) is 17.1 Å². The fraction of sp³-hybridized carbons (Fsp3) is 0.167. The highest BCUT2D eigenvalue weighted by molar-refractivity contribution is 7.92. The molecule has 0 saturated carbocycles. The fourth-order valence-electron chi connectivity index (χ4n) is 1.57. The Morgan fingerprint density at radius 1 is 1.45 bits per heavy atom. The molecule has 0 radical (unpaired) electrons. The van der Waals surface area contributed by atoms with E-state index in [1.54, 1.807) is 7.05 Å². The third-order valence-electron chi connectivity index (χ3n) is 2.53. The molecule has 0 bridgehead atoms. The van der Waals surface area contributed by atoms with Crippen LogP contribution >= 0.6 is 0 Å². The molecule has 0 saturated heterocycles. The smallest absolute Gasteiger partial charge is 0.281 e. The van der Waals surface area contributed by atoms with Crippen molar-refractivity contribution in [3.63, 3.8) is 0 Å². The quantitative estimate of drug-likeness (QED) is 0.910. The molecule has 1 aromatic heterocycles. The lowest BCUT2D eigenvalue weighted by molar-refractivity contribution is 0.416. The predicted octanol–water partition coefficient (Wildman–Crippen LogP) is 1.10. The van der Waals surface area contributed by atoms with E-state index in [-0.39, 0.29) is 16.5 Å². The third-order valence-corrected chi connectivity index (χ3v) is 3.78. The van der Waals surface area contributed by atoms with Crippen LogP contribution in [0, 0.1) is 11.3 Å². The number of hydrogen-bond donors (Lipinski definition) is 1. The Bertz CT molecular complexity index is 774. The van der Waals surface area contributed by atoms with Gasteiger partial charge in [0.15, 0.2) is 5.03 Å². The molecule has 1 heterocycles. The van der Waals surface area contributed by atoms with Gasteiger partial charge in [0.2, 0.25) is 0 Å². The number of nitrogens with one attached hydrogen (secondary N) is 1. The van der Waals surface area contributed by atoms with Gasteiger partial charge in [-0.25, -0.2) is 4.98 Å². The Morgan fingerprint density at radius 2 is 2.20 bits per heavy atom. The number of rotatable bonds is 4. The van der Waals surface area contributed by atoms with E-state index in [1.807, 2.05) is 6.07 Å². The molecule has 0 spiro atoms. The Balaban J connectivity index is 2.37. The number of methoxy groups -OCH3 is 1. The van der Waals surface area contributed by atoms with E-state index in [0.29, 0.717) is 5.56 Å². The van der Waals surface area contributed by atoms with E-state index >= 15 is 0 Å². The van der Waals surface area contributed by atoms with Crippen LogP contribution in [0.3, 0.4) is 0 Å². The van der Waals surface area contributed by atoms with Crippen LogP contribution in [0.15, 0.2) is 35.7 Å². The SMILES string of the molecule is COc1cc(C#N)ccc1NS(=O)(=O)c1cn(C)cn1. The van der Waals surface area contributed by atoms with Crippen molar-refractivity contribution in [3.8, 4) is 11.8 Å². The molecular weight excluding hydrogens is 280 g/mol. The second-order valence-corrected chi connectivity index (χ2v) is 5.64. The zero-order valence-electron chi connectivity index (χ0n) is 10.9. The molecule has 1 aromatic carbocycles. The van der Waals surface area contributed by atoms with E-state index < -0.39 is 10.0 Å². The van der Waals surface area contributed by atoms with Gasteiger partial charge in [0.1, 0.15) is 5.75 Å². The number of benzene rings is 1. The summed E-state index contributed by atoms with van der Waals surface area (Å²) < 4.78 is 33.2. The Hall–Kier alpha value is -2.53. The number of nitrogens with zero attached hydrogens (tertiary/aromatic N) is 3. The van der Waals surface area contributed by atoms with Crippen LogP contribution in [-0.4, -0.2) is 25.1 Å². The highest BCUT2D eigenvalue weighted by atomic mass is 32.2. The summed E-state index contributed by atoms with van der Waals surface area (Å²) in [6.45, 7) is 0. The maximum absolute atomic E-state index is 12.1. The van der Waals surface area contributed by atoms with Crippen molar-refractivity contribution in [2.45, 2.75) is 5.03 Å². The first-order chi connectivity index (χ1) is 9.46. The molecule has 0 aliphatic rings. The van der Waals surface area contributed by atoms with Crippen molar-refractivity contribution < 1.29 is 13.2 Å². The summed E-state index contributed by atoms with van der Waals surface area (Å²) in [5, 5.41) is 8.71. The zero-order chi connectivity index (χ0) is 14.8. The number of imidazole rings is 1. The summed E-state index contributed by atoms with van der Waals surface area (Å²) in [6.07, 6.45) is 2.78. The molecule has 1 N–H and O–H groups in total. The molecule has 0 amide bonds. The van der Waals surface area contributed by atoms with Gasteiger partial charge in [-0.2, -0.15) is 13.7 Å². The van der Waals surface area contributed by atoms with Gasteiger partial charge in [0, 0.05) is 19.3 Å². The van der Waals surface area contributed by atoms with E-state index in [9.17, 15) is 8.42 Å². The van der Waals surface area contributed by atoms with E-state index in [4.69, 9.17) is 10.00 Å². The molecule has 20 heavy (non-hydrogen) atoms. The fourth-order valence-corrected chi connectivity index (χ4v) is 2.62. The molecule has 2 rings (SSSR count). The molecular formula is C12H12N4O3S. The summed E-state index contributed by atoms with van der Waals surface area (Å²) in [6, 6.07) is 6.38. The second kappa shape index (κ2) is 5.22. The van der Waals surface area contributed by atoms with E-state index in [2.05, 4.69) is 9.71 Å². The lowest BCUT2D eigenvalue weighted by Gasteiger charge is -2.10. The molecule has 0 aliphatic heterocycles. The van der Waals surface area contributed by atoms with E-state index in [0.717, 1.165) is 0 Å². The first-order valence-corrected chi connectivity index (χ1v) is 7.03. The van der Waals surface area contributed by atoms with Crippen molar-refractivity contribution in [3.05, 3.63) is 36.3 Å². The summed E-state index contributed by atoms with van der Waals surface area (Å²) in [5.74, 6) is 0.267. The van der Waals surface area contributed by atoms with Gasteiger partial charge in [0.25, 0.3) is 10.0 Å². The topological polar surface area (TPSA) is 97.0 Å². The number of ether oxygens (including phenoxy) is 1. The lowest BCUT2D eigenvalue weighted by atomic mass is 10.2.